The number of sulfonamides is 1. The number of amides is 4. The molecule has 1 aromatic heterocycles. The van der Waals surface area contributed by atoms with E-state index in [1.807, 2.05) is 24.3 Å². The Morgan fingerprint density at radius 1 is 0.968 bits per heavy atom. The first kappa shape index (κ1) is 43.5. The van der Waals surface area contributed by atoms with E-state index < -0.39 is 68.7 Å². The second-order valence-corrected chi connectivity index (χ2v) is 20.8. The van der Waals surface area contributed by atoms with Gasteiger partial charge in [-0.3, -0.25) is 24.0 Å². The van der Waals surface area contributed by atoms with E-state index in [-0.39, 0.29) is 37.3 Å². The second kappa shape index (κ2) is 18.4. The molecule has 63 heavy (non-hydrogen) atoms. The Morgan fingerprint density at radius 2 is 1.75 bits per heavy atom. The maximum Gasteiger partial charge on any atom is 0.408 e. The van der Waals surface area contributed by atoms with Crippen LogP contribution < -0.4 is 24.8 Å². The van der Waals surface area contributed by atoms with Crippen LogP contribution in [0.5, 0.6) is 11.6 Å². The van der Waals surface area contributed by atoms with Crippen molar-refractivity contribution in [2.45, 2.75) is 138 Å². The molecule has 0 radical (unpaired) electrons. The number of allylic oxidation sites excluding steroid dienone is 2. The Morgan fingerprint density at radius 3 is 2.51 bits per heavy atom. The highest BCUT2D eigenvalue weighted by atomic mass is 32.2. The average molecular weight is 887 g/mol. The van der Waals surface area contributed by atoms with Gasteiger partial charge in [0, 0.05) is 24.3 Å². The SMILES string of the molecule is C=C[C@@H]1C[C@]1(NC(=O)[C@@H]1C[C@@H]2CN1C(=O)[C@H](C1CCCC1)NC(=O)O[C@@H]1CCC[C@H]1CCC=CCc1c(nc3ccccc3c1OCCN1CCCC1)O2)C(=O)NS(=O)(=O)C1CC1. The molecule has 3 aliphatic heterocycles. The fourth-order valence-electron chi connectivity index (χ4n) is 10.7. The topological polar surface area (TPSA) is 186 Å². The number of rotatable bonds is 11. The maximum absolute atomic E-state index is 15.1. The van der Waals surface area contributed by atoms with Crippen molar-refractivity contribution < 1.29 is 41.8 Å². The van der Waals surface area contributed by atoms with Crippen LogP contribution in [-0.4, -0.2) is 115 Å². The number of carbonyl (C=O) groups excluding carboxylic acids is 4. The van der Waals surface area contributed by atoms with E-state index in [0.717, 1.165) is 88.4 Å². The molecule has 6 fully saturated rings. The highest BCUT2D eigenvalue weighted by Crippen LogP contribution is 2.46. The average Bonchev–Trinajstić information content (AvgIpc) is 3.85. The molecule has 0 unspecified atom stereocenters. The molecule has 16 heteroatoms. The zero-order valence-corrected chi connectivity index (χ0v) is 37.0. The lowest BCUT2D eigenvalue weighted by molar-refractivity contribution is -0.142. The Hall–Kier alpha value is -4.70. The Labute approximate surface area is 370 Å². The third-order valence-electron chi connectivity index (χ3n) is 14.6. The number of carbonyl (C=O) groups is 4. The number of hydrogen-bond acceptors (Lipinski definition) is 11. The zero-order chi connectivity index (χ0) is 43.7. The van der Waals surface area contributed by atoms with Crippen molar-refractivity contribution in [3.05, 3.63) is 54.6 Å². The number of nitrogens with one attached hydrogen (secondary N) is 3. The first-order valence-corrected chi connectivity index (χ1v) is 24.9. The summed E-state index contributed by atoms with van der Waals surface area (Å²) < 4.78 is 47.7. The molecule has 4 heterocycles. The Balaban J connectivity index is 1.07. The van der Waals surface area contributed by atoms with Crippen LogP contribution in [0, 0.1) is 17.8 Å². The normalized spacial score (nSPS) is 30.6. The first-order chi connectivity index (χ1) is 30.5. The quantitative estimate of drug-likeness (QED) is 0.256. The van der Waals surface area contributed by atoms with Gasteiger partial charge in [-0.15, -0.1) is 6.58 Å². The summed E-state index contributed by atoms with van der Waals surface area (Å²) in [4.78, 5) is 66.2. The third kappa shape index (κ3) is 9.43. The number of alkyl carbamates (subject to hydrolysis) is 1. The van der Waals surface area contributed by atoms with Crippen LogP contribution in [0.3, 0.4) is 0 Å². The monoisotopic (exact) mass is 886 g/mol. The van der Waals surface area contributed by atoms with E-state index in [4.69, 9.17) is 19.2 Å². The fourth-order valence-corrected chi connectivity index (χ4v) is 12.1. The van der Waals surface area contributed by atoms with Crippen LogP contribution in [0.1, 0.15) is 102 Å². The van der Waals surface area contributed by atoms with Gasteiger partial charge >= 0.3 is 6.09 Å². The van der Waals surface area contributed by atoms with Crippen molar-refractivity contribution in [2.75, 3.05) is 32.8 Å². The summed E-state index contributed by atoms with van der Waals surface area (Å²) in [5, 5.41) is 6.09. The Kier molecular flexibility index (Phi) is 12.7. The van der Waals surface area contributed by atoms with E-state index >= 15 is 4.79 Å². The number of hydrogen-bond donors (Lipinski definition) is 3. The number of pyridine rings is 1. The zero-order valence-electron chi connectivity index (χ0n) is 36.1. The van der Waals surface area contributed by atoms with Crippen molar-refractivity contribution in [3.63, 3.8) is 0 Å². The summed E-state index contributed by atoms with van der Waals surface area (Å²) in [5.41, 5.74) is -0.0873. The summed E-state index contributed by atoms with van der Waals surface area (Å²) in [6, 6.07) is 5.73. The van der Waals surface area contributed by atoms with Gasteiger partial charge in [-0.2, -0.15) is 0 Å². The molecule has 3 N–H and O–H groups in total. The van der Waals surface area contributed by atoms with Crippen molar-refractivity contribution in [2.24, 2.45) is 17.8 Å². The molecule has 7 atom stereocenters. The predicted molar refractivity (Wildman–Crippen MR) is 235 cm³/mol. The molecule has 7 aliphatic rings. The van der Waals surface area contributed by atoms with E-state index in [1.54, 1.807) is 0 Å². The van der Waals surface area contributed by atoms with E-state index in [1.165, 1.54) is 23.8 Å². The molecule has 4 saturated carbocycles. The standard InChI is InChI=1S/C47H62N6O9S/c1-2-32-28-47(32,45(56)51-63(58,59)34-21-22-34)50-42(54)38-27-33-29-53(38)44(55)40(31-14-6-7-15-31)49-46(57)62-39-20-12-16-30(39)13-4-3-5-18-36-41(60-26-25-52-23-10-11-24-52)35-17-8-9-19-37(35)48-43(36)61-33/h2-3,5,8-9,17,19,30-34,38-40H,1,4,6-7,10-16,18,20-29H2,(H,49,57)(H,50,54)(H,51,56)/t30-,32-,33-,38+,39-,40+,47-/m1/s1. The van der Waals surface area contributed by atoms with Gasteiger partial charge in [0.15, 0.2) is 0 Å². The van der Waals surface area contributed by atoms with Crippen molar-refractivity contribution in [3.8, 4) is 11.6 Å². The molecule has 2 saturated heterocycles. The number of aromatic nitrogens is 1. The predicted octanol–water partition coefficient (Wildman–Crippen LogP) is 5.07. The molecular weight excluding hydrogens is 825 g/mol. The molecule has 0 spiro atoms. The summed E-state index contributed by atoms with van der Waals surface area (Å²) in [6.45, 7) is 7.22. The van der Waals surface area contributed by atoms with Gasteiger partial charge in [0.1, 0.15) is 42.2 Å². The molecule has 4 amide bonds. The summed E-state index contributed by atoms with van der Waals surface area (Å²) in [7, 11) is -3.91. The fraction of sp³-hybridized carbons (Fsp3) is 0.638. The van der Waals surface area contributed by atoms with E-state index in [9.17, 15) is 22.8 Å². The van der Waals surface area contributed by atoms with E-state index in [0.29, 0.717) is 43.0 Å². The Bertz CT molecular complexity index is 2220. The van der Waals surface area contributed by atoms with Crippen LogP contribution in [0.2, 0.25) is 0 Å². The lowest BCUT2D eigenvalue weighted by Crippen LogP contribution is -2.59. The van der Waals surface area contributed by atoms with Crippen molar-refractivity contribution in [1.29, 1.82) is 0 Å². The summed E-state index contributed by atoms with van der Waals surface area (Å²) in [6.07, 6.45) is 15.7. The van der Waals surface area contributed by atoms with Gasteiger partial charge < -0.3 is 29.7 Å². The van der Waals surface area contributed by atoms with Crippen LogP contribution in [-0.2, 0) is 35.6 Å². The minimum Gasteiger partial charge on any atom is -0.491 e. The number of benzene rings is 1. The largest absolute Gasteiger partial charge is 0.491 e. The number of likely N-dealkylation sites (tertiary alicyclic amines) is 1. The van der Waals surface area contributed by atoms with Gasteiger partial charge in [-0.05, 0) is 121 Å². The maximum atomic E-state index is 15.1. The van der Waals surface area contributed by atoms with Gasteiger partial charge in [-0.25, -0.2) is 18.2 Å². The number of nitrogens with zero attached hydrogens (tertiary/aromatic N) is 3. The van der Waals surface area contributed by atoms with Crippen LogP contribution in [0.15, 0.2) is 49.1 Å². The van der Waals surface area contributed by atoms with Gasteiger partial charge in [0.25, 0.3) is 5.91 Å². The number of fused-ring (bicyclic) bond motifs is 5. The lowest BCUT2D eigenvalue weighted by Gasteiger charge is -2.32. The van der Waals surface area contributed by atoms with Crippen LogP contribution in [0.25, 0.3) is 10.9 Å². The van der Waals surface area contributed by atoms with Crippen LogP contribution in [0.4, 0.5) is 4.79 Å². The minimum atomic E-state index is -3.91. The molecule has 2 bridgehead atoms. The molecule has 340 valence electrons. The minimum absolute atomic E-state index is 0.00333. The third-order valence-corrected chi connectivity index (χ3v) is 16.4. The van der Waals surface area contributed by atoms with Crippen molar-refractivity contribution >= 4 is 44.7 Å². The number of para-hydroxylation sites is 1. The molecule has 2 aromatic rings. The van der Waals surface area contributed by atoms with E-state index in [2.05, 4.69) is 39.0 Å². The summed E-state index contributed by atoms with van der Waals surface area (Å²) in [5.74, 6) is -1.32. The van der Waals surface area contributed by atoms with Crippen LogP contribution >= 0.6 is 0 Å². The molecule has 1 aromatic carbocycles. The highest BCUT2D eigenvalue weighted by Gasteiger charge is 2.62. The lowest BCUT2D eigenvalue weighted by atomic mass is 9.96. The first-order valence-electron chi connectivity index (χ1n) is 23.4. The highest BCUT2D eigenvalue weighted by molar-refractivity contribution is 7.91. The second-order valence-electron chi connectivity index (χ2n) is 18.9. The molecular formula is C47H62N6O9S. The summed E-state index contributed by atoms with van der Waals surface area (Å²) >= 11 is 0. The van der Waals surface area contributed by atoms with Crippen molar-refractivity contribution in [1.82, 2.24) is 30.1 Å². The van der Waals surface area contributed by atoms with Gasteiger partial charge in [-0.1, -0.05) is 43.2 Å². The van der Waals surface area contributed by atoms with Gasteiger partial charge in [0.2, 0.25) is 27.7 Å². The molecule has 9 rings (SSSR count). The van der Waals surface area contributed by atoms with Gasteiger partial charge in [0.05, 0.1) is 22.9 Å². The molecule has 4 aliphatic carbocycles. The molecule has 15 nitrogen and oxygen atoms in total. The smallest absolute Gasteiger partial charge is 0.408 e. The number of ether oxygens (including phenoxy) is 3.